The molecule has 0 amide bonds. The lowest BCUT2D eigenvalue weighted by Crippen LogP contribution is -2.18. The molecule has 1 aliphatic heterocycles. The zero-order chi connectivity index (χ0) is 15.5. The maximum absolute atomic E-state index is 5.43. The number of likely N-dealkylation sites (tertiary alicyclic amines) is 1. The van der Waals surface area contributed by atoms with Gasteiger partial charge in [-0.05, 0) is 74.7 Å². The molecule has 116 valence electrons. The van der Waals surface area contributed by atoms with Gasteiger partial charge in [0.05, 0.1) is 12.8 Å². The summed E-state index contributed by atoms with van der Waals surface area (Å²) in [6.07, 6.45) is 4.67. The lowest BCUT2D eigenvalue weighted by Gasteiger charge is -2.15. The lowest BCUT2D eigenvalue weighted by molar-refractivity contribution is 0.331. The van der Waals surface area contributed by atoms with Crippen molar-refractivity contribution in [3.63, 3.8) is 0 Å². The third-order valence-electron chi connectivity index (χ3n) is 4.39. The predicted octanol–water partition coefficient (Wildman–Crippen LogP) is 3.97. The van der Waals surface area contributed by atoms with Gasteiger partial charge in [-0.1, -0.05) is 6.07 Å². The maximum Gasteiger partial charge on any atom is 0.124 e. The van der Waals surface area contributed by atoms with Gasteiger partial charge in [0.1, 0.15) is 5.75 Å². The first-order valence-electron chi connectivity index (χ1n) is 8.00. The van der Waals surface area contributed by atoms with E-state index in [1.807, 2.05) is 6.20 Å². The van der Waals surface area contributed by atoms with Crippen LogP contribution in [0.3, 0.4) is 0 Å². The van der Waals surface area contributed by atoms with Gasteiger partial charge in [0.15, 0.2) is 0 Å². The minimum atomic E-state index is 0.967. The summed E-state index contributed by atoms with van der Waals surface area (Å²) in [6, 6.07) is 8.63. The van der Waals surface area contributed by atoms with E-state index in [1.54, 1.807) is 7.11 Å². The van der Waals surface area contributed by atoms with Crippen molar-refractivity contribution in [1.29, 1.82) is 0 Å². The van der Waals surface area contributed by atoms with Crippen molar-refractivity contribution in [2.45, 2.75) is 33.2 Å². The summed E-state index contributed by atoms with van der Waals surface area (Å²) in [7, 11) is 1.72. The quantitative estimate of drug-likeness (QED) is 0.853. The fourth-order valence-corrected chi connectivity index (χ4v) is 3.31. The van der Waals surface area contributed by atoms with E-state index < -0.39 is 0 Å². The fourth-order valence-electron chi connectivity index (χ4n) is 3.31. The van der Waals surface area contributed by atoms with E-state index >= 15 is 0 Å². The standard InChI is InChI=1S/C19H24N2O/c1-14-10-17(11-15(2)19(14)22-3)18-7-6-16(12-20-18)13-21-8-4-5-9-21/h6-7,10-12H,4-5,8-9,13H2,1-3H3. The molecule has 3 rings (SSSR count). The number of ether oxygens (including phenoxy) is 1. The molecule has 0 radical (unpaired) electrons. The highest BCUT2D eigenvalue weighted by atomic mass is 16.5. The average molecular weight is 296 g/mol. The van der Waals surface area contributed by atoms with Gasteiger partial charge in [0.2, 0.25) is 0 Å². The Bertz CT molecular complexity index is 620. The summed E-state index contributed by atoms with van der Waals surface area (Å²) in [5, 5.41) is 0. The highest BCUT2D eigenvalue weighted by Crippen LogP contribution is 2.29. The molecular weight excluding hydrogens is 272 g/mol. The largest absolute Gasteiger partial charge is 0.496 e. The van der Waals surface area contributed by atoms with Gasteiger partial charge in [-0.2, -0.15) is 0 Å². The van der Waals surface area contributed by atoms with E-state index in [4.69, 9.17) is 4.74 Å². The molecule has 2 heterocycles. The van der Waals surface area contributed by atoms with Crippen molar-refractivity contribution in [3.8, 4) is 17.0 Å². The molecule has 1 fully saturated rings. The Morgan fingerprint density at radius 2 is 1.77 bits per heavy atom. The summed E-state index contributed by atoms with van der Waals surface area (Å²) in [6.45, 7) is 7.62. The van der Waals surface area contributed by atoms with Crippen molar-refractivity contribution in [2.75, 3.05) is 20.2 Å². The molecule has 1 aromatic heterocycles. The minimum absolute atomic E-state index is 0.967. The third-order valence-corrected chi connectivity index (χ3v) is 4.39. The van der Waals surface area contributed by atoms with Crippen LogP contribution in [0, 0.1) is 13.8 Å². The zero-order valence-corrected chi connectivity index (χ0v) is 13.7. The molecule has 2 aromatic rings. The number of benzene rings is 1. The molecule has 1 saturated heterocycles. The number of rotatable bonds is 4. The summed E-state index contributed by atoms with van der Waals surface area (Å²) in [5.74, 6) is 0.967. The van der Waals surface area contributed by atoms with Crippen LogP contribution in [0.1, 0.15) is 29.5 Å². The van der Waals surface area contributed by atoms with Crippen molar-refractivity contribution >= 4 is 0 Å². The van der Waals surface area contributed by atoms with Crippen molar-refractivity contribution in [2.24, 2.45) is 0 Å². The number of hydrogen-bond acceptors (Lipinski definition) is 3. The van der Waals surface area contributed by atoms with Gasteiger partial charge in [0, 0.05) is 18.3 Å². The highest BCUT2D eigenvalue weighted by Gasteiger charge is 2.12. The van der Waals surface area contributed by atoms with Gasteiger partial charge in [-0.15, -0.1) is 0 Å². The number of hydrogen-bond donors (Lipinski definition) is 0. The van der Waals surface area contributed by atoms with Crippen LogP contribution in [0.15, 0.2) is 30.5 Å². The average Bonchev–Trinajstić information content (AvgIpc) is 3.00. The minimum Gasteiger partial charge on any atom is -0.496 e. The molecule has 0 N–H and O–H groups in total. The Kier molecular flexibility index (Phi) is 4.44. The topological polar surface area (TPSA) is 25.4 Å². The molecule has 1 aliphatic rings. The zero-order valence-electron chi connectivity index (χ0n) is 13.7. The molecule has 3 nitrogen and oxygen atoms in total. The maximum atomic E-state index is 5.43. The lowest BCUT2D eigenvalue weighted by atomic mass is 10.0. The summed E-state index contributed by atoms with van der Waals surface area (Å²) in [4.78, 5) is 7.16. The van der Waals surface area contributed by atoms with Gasteiger partial charge >= 0.3 is 0 Å². The van der Waals surface area contributed by atoms with Crippen LogP contribution in [-0.4, -0.2) is 30.1 Å². The van der Waals surface area contributed by atoms with Crippen LogP contribution in [0.5, 0.6) is 5.75 Å². The molecule has 0 saturated carbocycles. The number of nitrogens with zero attached hydrogens (tertiary/aromatic N) is 2. The van der Waals surface area contributed by atoms with Crippen molar-refractivity contribution in [3.05, 3.63) is 47.2 Å². The summed E-state index contributed by atoms with van der Waals surface area (Å²) < 4.78 is 5.43. The molecule has 22 heavy (non-hydrogen) atoms. The van der Waals surface area contributed by atoms with Gasteiger partial charge < -0.3 is 4.74 Å². The molecule has 3 heteroatoms. The number of aryl methyl sites for hydroxylation is 2. The number of methoxy groups -OCH3 is 1. The Morgan fingerprint density at radius 3 is 2.32 bits per heavy atom. The first kappa shape index (κ1) is 15.0. The second kappa shape index (κ2) is 6.49. The molecule has 0 spiro atoms. The number of aromatic nitrogens is 1. The van der Waals surface area contributed by atoms with Crippen LogP contribution >= 0.6 is 0 Å². The van der Waals surface area contributed by atoms with Crippen molar-refractivity contribution in [1.82, 2.24) is 9.88 Å². The SMILES string of the molecule is COc1c(C)cc(-c2ccc(CN3CCCC3)cn2)cc1C. The Hall–Kier alpha value is -1.87. The van der Waals surface area contributed by atoms with E-state index in [0.717, 1.165) is 34.7 Å². The van der Waals surface area contributed by atoms with Gasteiger partial charge in [-0.25, -0.2) is 0 Å². The monoisotopic (exact) mass is 296 g/mol. The van der Waals surface area contributed by atoms with Crippen LogP contribution in [-0.2, 0) is 6.54 Å². The van der Waals surface area contributed by atoms with E-state index in [2.05, 4.69) is 48.0 Å². The predicted molar refractivity (Wildman–Crippen MR) is 90.2 cm³/mol. The van der Waals surface area contributed by atoms with Crippen molar-refractivity contribution < 1.29 is 4.74 Å². The third kappa shape index (κ3) is 3.14. The highest BCUT2D eigenvalue weighted by molar-refractivity contribution is 5.64. The van der Waals surface area contributed by atoms with Crippen LogP contribution in [0.25, 0.3) is 11.3 Å². The summed E-state index contributed by atoms with van der Waals surface area (Å²) in [5.41, 5.74) is 5.79. The van der Waals surface area contributed by atoms with E-state index in [9.17, 15) is 0 Å². The number of pyridine rings is 1. The van der Waals surface area contributed by atoms with E-state index in [-0.39, 0.29) is 0 Å². The molecule has 0 unspecified atom stereocenters. The summed E-state index contributed by atoms with van der Waals surface area (Å²) >= 11 is 0. The molecular formula is C19H24N2O. The fraction of sp³-hybridized carbons (Fsp3) is 0.421. The smallest absolute Gasteiger partial charge is 0.124 e. The van der Waals surface area contributed by atoms with Crippen LogP contribution < -0.4 is 4.74 Å². The molecule has 0 bridgehead atoms. The van der Waals surface area contributed by atoms with Gasteiger partial charge in [0.25, 0.3) is 0 Å². The second-order valence-electron chi connectivity index (χ2n) is 6.18. The molecule has 0 atom stereocenters. The molecule has 1 aromatic carbocycles. The Labute approximate surface area is 132 Å². The molecule has 0 aliphatic carbocycles. The van der Waals surface area contributed by atoms with Crippen LogP contribution in [0.4, 0.5) is 0 Å². The first-order chi connectivity index (χ1) is 10.7. The Balaban J connectivity index is 1.80. The van der Waals surface area contributed by atoms with E-state index in [1.165, 1.54) is 31.5 Å². The first-order valence-corrected chi connectivity index (χ1v) is 8.00. The van der Waals surface area contributed by atoms with E-state index in [0.29, 0.717) is 0 Å². The second-order valence-corrected chi connectivity index (χ2v) is 6.18. The Morgan fingerprint density at radius 1 is 1.09 bits per heavy atom. The van der Waals surface area contributed by atoms with Crippen LogP contribution in [0.2, 0.25) is 0 Å². The van der Waals surface area contributed by atoms with Gasteiger partial charge in [-0.3, -0.25) is 9.88 Å². The normalized spacial score (nSPS) is 15.2.